The number of amides is 1. The third kappa shape index (κ3) is 5.89. The van der Waals surface area contributed by atoms with Crippen LogP contribution in [0.4, 0.5) is 0 Å². The Morgan fingerprint density at radius 1 is 1.04 bits per heavy atom. The van der Waals surface area contributed by atoms with Gasteiger partial charge in [0.15, 0.2) is 0 Å². The molecule has 0 spiro atoms. The van der Waals surface area contributed by atoms with Gasteiger partial charge in [0.05, 0.1) is 5.56 Å². The summed E-state index contributed by atoms with van der Waals surface area (Å²) in [5, 5.41) is 0. The van der Waals surface area contributed by atoms with E-state index in [2.05, 4.69) is 31.0 Å². The summed E-state index contributed by atoms with van der Waals surface area (Å²) in [4.78, 5) is 15.2. The fraction of sp³-hybridized carbons (Fsp3) is 0.429. The lowest BCUT2D eigenvalue weighted by Gasteiger charge is -2.11. The van der Waals surface area contributed by atoms with Crippen molar-refractivity contribution < 1.29 is 9.53 Å². The van der Waals surface area contributed by atoms with E-state index in [0.717, 1.165) is 18.6 Å². The molecule has 0 aliphatic heterocycles. The maximum absolute atomic E-state index is 11.1. The number of hydrogen-bond acceptors (Lipinski definition) is 3. The van der Waals surface area contributed by atoms with Crippen molar-refractivity contribution in [1.82, 2.24) is 4.98 Å². The molecule has 4 nitrogen and oxygen atoms in total. The number of pyridine rings is 1. The number of benzene rings is 1. The Hall–Kier alpha value is -2.36. The number of carbonyl (C=O) groups excluding carboxylic acids is 1. The van der Waals surface area contributed by atoms with Crippen LogP contribution in [0.25, 0.3) is 0 Å². The lowest BCUT2D eigenvalue weighted by Crippen LogP contribution is -2.10. The van der Waals surface area contributed by atoms with Crippen molar-refractivity contribution in [2.45, 2.75) is 58.8 Å². The summed E-state index contributed by atoms with van der Waals surface area (Å²) in [6.45, 7) is 4.42. The maximum atomic E-state index is 11.1. The quantitative estimate of drug-likeness (QED) is 0.616. The molecule has 1 amide bonds. The molecule has 2 aromatic rings. The monoisotopic (exact) mass is 340 g/mol. The molecule has 0 bridgehead atoms. The number of carbonyl (C=O) groups is 1. The summed E-state index contributed by atoms with van der Waals surface area (Å²) in [5.41, 5.74) is 8.33. The first-order valence-electron chi connectivity index (χ1n) is 9.19. The fourth-order valence-electron chi connectivity index (χ4n) is 2.87. The summed E-state index contributed by atoms with van der Waals surface area (Å²) in [6, 6.07) is 9.51. The standard InChI is InChI=1S/C21H28N2O2/c1-3-5-6-7-8-9-17-14-19(12-10-16(17)4-2)25-20-13-11-18(15-23-20)21(22)24/h10-15H,3-9H2,1-2H3,(H2,22,24). The second-order valence-corrected chi connectivity index (χ2v) is 6.30. The number of ether oxygens (including phenoxy) is 1. The molecule has 1 heterocycles. The van der Waals surface area contributed by atoms with Gasteiger partial charge in [-0.2, -0.15) is 0 Å². The Balaban J connectivity index is 2.03. The number of aromatic nitrogens is 1. The van der Waals surface area contributed by atoms with Crippen LogP contribution in [-0.4, -0.2) is 10.9 Å². The van der Waals surface area contributed by atoms with Gasteiger partial charge < -0.3 is 10.5 Å². The van der Waals surface area contributed by atoms with Crippen LogP contribution >= 0.6 is 0 Å². The van der Waals surface area contributed by atoms with Crippen molar-refractivity contribution in [3.05, 3.63) is 53.2 Å². The van der Waals surface area contributed by atoms with Crippen molar-refractivity contribution in [3.8, 4) is 11.6 Å². The first-order valence-corrected chi connectivity index (χ1v) is 9.19. The van der Waals surface area contributed by atoms with Crippen molar-refractivity contribution in [2.24, 2.45) is 5.73 Å². The molecule has 0 fully saturated rings. The molecule has 2 rings (SSSR count). The minimum Gasteiger partial charge on any atom is -0.439 e. The summed E-state index contributed by atoms with van der Waals surface area (Å²) >= 11 is 0. The van der Waals surface area contributed by atoms with Crippen LogP contribution in [-0.2, 0) is 12.8 Å². The second-order valence-electron chi connectivity index (χ2n) is 6.30. The number of primary amides is 1. The van der Waals surface area contributed by atoms with Crippen LogP contribution in [0.2, 0.25) is 0 Å². The molecule has 25 heavy (non-hydrogen) atoms. The smallest absolute Gasteiger partial charge is 0.250 e. The molecule has 0 aliphatic carbocycles. The van der Waals surface area contributed by atoms with Gasteiger partial charge in [0.25, 0.3) is 0 Å². The predicted molar refractivity (Wildman–Crippen MR) is 101 cm³/mol. The highest BCUT2D eigenvalue weighted by Gasteiger charge is 2.07. The third-order valence-electron chi connectivity index (χ3n) is 4.35. The zero-order valence-corrected chi connectivity index (χ0v) is 15.3. The van der Waals surface area contributed by atoms with E-state index < -0.39 is 5.91 Å². The molecule has 0 saturated heterocycles. The van der Waals surface area contributed by atoms with Gasteiger partial charge in [-0.1, -0.05) is 45.6 Å². The Kier molecular flexibility index (Phi) is 7.45. The van der Waals surface area contributed by atoms with Gasteiger partial charge in [-0.05, 0) is 48.6 Å². The normalized spacial score (nSPS) is 10.6. The highest BCUT2D eigenvalue weighted by molar-refractivity contribution is 5.92. The Labute approximate surface area is 150 Å². The first-order chi connectivity index (χ1) is 12.1. The number of rotatable bonds is 10. The number of unbranched alkanes of at least 4 members (excludes halogenated alkanes) is 4. The van der Waals surface area contributed by atoms with Crippen LogP contribution in [0.15, 0.2) is 36.5 Å². The average Bonchev–Trinajstić information content (AvgIpc) is 2.62. The summed E-state index contributed by atoms with van der Waals surface area (Å²) in [5.74, 6) is 0.750. The van der Waals surface area contributed by atoms with E-state index in [0.29, 0.717) is 11.4 Å². The van der Waals surface area contributed by atoms with Gasteiger partial charge in [0, 0.05) is 12.3 Å². The molecular formula is C21H28N2O2. The van der Waals surface area contributed by atoms with Gasteiger partial charge in [0.2, 0.25) is 11.8 Å². The molecule has 0 aliphatic rings. The molecule has 1 aromatic heterocycles. The minimum atomic E-state index is -0.489. The van der Waals surface area contributed by atoms with Gasteiger partial charge >= 0.3 is 0 Å². The third-order valence-corrected chi connectivity index (χ3v) is 4.35. The van der Waals surface area contributed by atoms with Crippen molar-refractivity contribution in [1.29, 1.82) is 0 Å². The van der Waals surface area contributed by atoms with Gasteiger partial charge in [-0.3, -0.25) is 4.79 Å². The first kappa shape index (κ1) is 19.0. The molecule has 0 saturated carbocycles. The summed E-state index contributed by atoms with van der Waals surface area (Å²) in [6.07, 6.45) is 9.92. The Morgan fingerprint density at radius 2 is 1.84 bits per heavy atom. The molecule has 4 heteroatoms. The molecular weight excluding hydrogens is 312 g/mol. The van der Waals surface area contributed by atoms with E-state index >= 15 is 0 Å². The summed E-state index contributed by atoms with van der Waals surface area (Å²) in [7, 11) is 0. The number of aryl methyl sites for hydroxylation is 2. The molecule has 0 atom stereocenters. The van der Waals surface area contributed by atoms with E-state index in [1.54, 1.807) is 12.1 Å². The van der Waals surface area contributed by atoms with Crippen LogP contribution in [0.5, 0.6) is 11.6 Å². The Morgan fingerprint density at radius 3 is 2.48 bits per heavy atom. The largest absolute Gasteiger partial charge is 0.439 e. The molecule has 134 valence electrons. The van der Waals surface area contributed by atoms with Crippen molar-refractivity contribution >= 4 is 5.91 Å². The fourth-order valence-corrected chi connectivity index (χ4v) is 2.87. The SMILES string of the molecule is CCCCCCCc1cc(Oc2ccc(C(N)=O)cn2)ccc1CC. The lowest BCUT2D eigenvalue weighted by molar-refractivity contribution is 0.1000. The lowest BCUT2D eigenvalue weighted by atomic mass is 9.99. The van der Waals surface area contributed by atoms with Crippen molar-refractivity contribution in [3.63, 3.8) is 0 Å². The van der Waals surface area contributed by atoms with E-state index in [1.165, 1.54) is 49.4 Å². The highest BCUT2D eigenvalue weighted by Crippen LogP contribution is 2.25. The molecule has 0 radical (unpaired) electrons. The van der Waals surface area contributed by atoms with E-state index in [9.17, 15) is 4.79 Å². The molecule has 0 unspecified atom stereocenters. The average molecular weight is 340 g/mol. The van der Waals surface area contributed by atoms with Crippen LogP contribution < -0.4 is 10.5 Å². The van der Waals surface area contributed by atoms with Crippen LogP contribution in [0.1, 0.15) is 67.4 Å². The number of nitrogens with two attached hydrogens (primary N) is 1. The minimum absolute atomic E-state index is 0.376. The van der Waals surface area contributed by atoms with Gasteiger partial charge in [-0.15, -0.1) is 0 Å². The zero-order chi connectivity index (χ0) is 18.1. The van der Waals surface area contributed by atoms with E-state index in [-0.39, 0.29) is 0 Å². The van der Waals surface area contributed by atoms with E-state index in [1.807, 2.05) is 6.07 Å². The van der Waals surface area contributed by atoms with Gasteiger partial charge in [0.1, 0.15) is 5.75 Å². The van der Waals surface area contributed by atoms with Gasteiger partial charge in [-0.25, -0.2) is 4.98 Å². The topological polar surface area (TPSA) is 65.2 Å². The molecule has 1 aromatic carbocycles. The summed E-state index contributed by atoms with van der Waals surface area (Å²) < 4.78 is 5.83. The maximum Gasteiger partial charge on any atom is 0.250 e. The number of nitrogens with zero attached hydrogens (tertiary/aromatic N) is 1. The Bertz CT molecular complexity index is 681. The van der Waals surface area contributed by atoms with Crippen molar-refractivity contribution in [2.75, 3.05) is 0 Å². The van der Waals surface area contributed by atoms with E-state index in [4.69, 9.17) is 10.5 Å². The second kappa shape index (κ2) is 9.82. The zero-order valence-electron chi connectivity index (χ0n) is 15.3. The highest BCUT2D eigenvalue weighted by atomic mass is 16.5. The predicted octanol–water partition coefficient (Wildman–Crippen LogP) is 5.05. The molecule has 2 N–H and O–H groups in total. The van der Waals surface area contributed by atoms with Crippen LogP contribution in [0.3, 0.4) is 0 Å². The number of hydrogen-bond donors (Lipinski definition) is 1. The van der Waals surface area contributed by atoms with Crippen LogP contribution in [0, 0.1) is 0 Å².